The monoisotopic (exact) mass is 249 g/mol. The van der Waals surface area contributed by atoms with Crippen molar-refractivity contribution in [1.82, 2.24) is 16.2 Å². The topological polar surface area (TPSA) is 70.2 Å². The first-order valence-electron chi connectivity index (χ1n) is 5.73. The van der Waals surface area contributed by atoms with Gasteiger partial charge >= 0.3 is 6.03 Å². The summed E-state index contributed by atoms with van der Waals surface area (Å²) in [5.41, 5.74) is 6.23. The maximum absolute atomic E-state index is 11.7. The van der Waals surface area contributed by atoms with Crippen LogP contribution in [0.15, 0.2) is 24.3 Å². The van der Waals surface area contributed by atoms with E-state index in [4.69, 9.17) is 0 Å². The number of hydrazine groups is 1. The zero-order chi connectivity index (χ0) is 13.8. The average Bonchev–Trinajstić information content (AvgIpc) is 2.34. The summed E-state index contributed by atoms with van der Waals surface area (Å²) in [6.45, 7) is 6.32. The van der Waals surface area contributed by atoms with Crippen molar-refractivity contribution >= 4 is 11.9 Å². The minimum atomic E-state index is -0.463. The van der Waals surface area contributed by atoms with Crippen LogP contribution in [0.4, 0.5) is 4.79 Å². The van der Waals surface area contributed by atoms with Crippen molar-refractivity contribution in [2.24, 2.45) is 0 Å². The maximum Gasteiger partial charge on any atom is 0.333 e. The van der Waals surface area contributed by atoms with Gasteiger partial charge in [0, 0.05) is 12.6 Å². The summed E-state index contributed by atoms with van der Waals surface area (Å²) in [7, 11) is 1.47. The number of benzene rings is 1. The molecule has 0 heterocycles. The largest absolute Gasteiger partial charge is 0.340 e. The number of hydrogen-bond donors (Lipinski definition) is 3. The van der Waals surface area contributed by atoms with Crippen molar-refractivity contribution in [2.75, 3.05) is 7.05 Å². The molecule has 0 aliphatic rings. The summed E-state index contributed by atoms with van der Waals surface area (Å²) in [4.78, 5) is 22.6. The lowest BCUT2D eigenvalue weighted by Crippen LogP contribution is -2.45. The smallest absolute Gasteiger partial charge is 0.333 e. The molecule has 0 unspecified atom stereocenters. The summed E-state index contributed by atoms with van der Waals surface area (Å²) >= 11 is 0. The maximum atomic E-state index is 11.7. The molecule has 0 aliphatic carbocycles. The van der Waals surface area contributed by atoms with Crippen LogP contribution in [0, 0.1) is 0 Å². The van der Waals surface area contributed by atoms with Gasteiger partial charge in [0.1, 0.15) is 0 Å². The molecule has 0 radical (unpaired) electrons. The fourth-order valence-electron chi connectivity index (χ4n) is 1.37. The highest BCUT2D eigenvalue weighted by Gasteiger charge is 2.14. The van der Waals surface area contributed by atoms with Gasteiger partial charge in [-0.05, 0) is 23.1 Å². The molecule has 0 saturated heterocycles. The first-order valence-corrected chi connectivity index (χ1v) is 5.73. The van der Waals surface area contributed by atoms with Gasteiger partial charge in [-0.25, -0.2) is 10.2 Å². The lowest BCUT2D eigenvalue weighted by molar-refractivity contribution is 0.0936. The molecule has 18 heavy (non-hydrogen) atoms. The second-order valence-electron chi connectivity index (χ2n) is 4.99. The molecule has 0 atom stereocenters. The van der Waals surface area contributed by atoms with E-state index in [1.807, 2.05) is 12.1 Å². The molecule has 5 heteroatoms. The van der Waals surface area contributed by atoms with Crippen molar-refractivity contribution in [3.8, 4) is 0 Å². The Labute approximate surface area is 107 Å². The molecule has 98 valence electrons. The van der Waals surface area contributed by atoms with Gasteiger partial charge in [0.25, 0.3) is 5.91 Å². The number of hydrogen-bond acceptors (Lipinski definition) is 2. The zero-order valence-electron chi connectivity index (χ0n) is 11.1. The third kappa shape index (κ3) is 3.76. The molecule has 0 aliphatic heterocycles. The zero-order valence-corrected chi connectivity index (χ0v) is 11.1. The van der Waals surface area contributed by atoms with E-state index in [0.29, 0.717) is 5.56 Å². The Morgan fingerprint density at radius 2 is 1.56 bits per heavy atom. The standard InChI is InChI=1S/C13H19N3O2/c1-13(2,3)10-7-5-9(6-8-10)11(17)15-16-12(18)14-4/h5-8H,1-4H3,(H,15,17)(H2,14,16,18). The normalized spacial score (nSPS) is 10.7. The number of urea groups is 1. The van der Waals surface area contributed by atoms with Gasteiger partial charge in [0.15, 0.2) is 0 Å². The number of rotatable bonds is 1. The predicted octanol–water partition coefficient (Wildman–Crippen LogP) is 1.56. The van der Waals surface area contributed by atoms with Crippen LogP contribution < -0.4 is 16.2 Å². The van der Waals surface area contributed by atoms with Crippen LogP contribution in [0.2, 0.25) is 0 Å². The van der Waals surface area contributed by atoms with Gasteiger partial charge < -0.3 is 5.32 Å². The van der Waals surface area contributed by atoms with Crippen LogP contribution in [-0.4, -0.2) is 19.0 Å². The first kappa shape index (κ1) is 14.0. The lowest BCUT2D eigenvalue weighted by Gasteiger charge is -2.19. The molecule has 0 fully saturated rings. The molecular formula is C13H19N3O2. The van der Waals surface area contributed by atoms with E-state index >= 15 is 0 Å². The Bertz CT molecular complexity index is 433. The molecule has 0 spiro atoms. The molecule has 0 saturated carbocycles. The second-order valence-corrected chi connectivity index (χ2v) is 4.99. The summed E-state index contributed by atoms with van der Waals surface area (Å²) in [5, 5.41) is 2.34. The molecule has 1 rings (SSSR count). The van der Waals surface area contributed by atoms with Gasteiger partial charge in [0.2, 0.25) is 0 Å². The Hall–Kier alpha value is -2.04. The highest BCUT2D eigenvalue weighted by atomic mass is 16.2. The van der Waals surface area contributed by atoms with Crippen LogP contribution >= 0.6 is 0 Å². The fraction of sp³-hybridized carbons (Fsp3) is 0.385. The second kappa shape index (κ2) is 5.53. The average molecular weight is 249 g/mol. The molecule has 5 nitrogen and oxygen atoms in total. The van der Waals surface area contributed by atoms with E-state index in [9.17, 15) is 9.59 Å². The molecule has 0 bridgehead atoms. The Morgan fingerprint density at radius 3 is 2.00 bits per heavy atom. The highest BCUT2D eigenvalue weighted by molar-refractivity contribution is 5.95. The fourth-order valence-corrected chi connectivity index (χ4v) is 1.37. The molecule has 0 aromatic heterocycles. The van der Waals surface area contributed by atoms with Crippen LogP contribution in [0.1, 0.15) is 36.7 Å². The molecule has 1 aromatic carbocycles. The van der Waals surface area contributed by atoms with E-state index in [0.717, 1.165) is 5.56 Å². The molecular weight excluding hydrogens is 230 g/mol. The highest BCUT2D eigenvalue weighted by Crippen LogP contribution is 2.21. The summed E-state index contributed by atoms with van der Waals surface area (Å²) in [5.74, 6) is -0.348. The van der Waals surface area contributed by atoms with Crippen molar-refractivity contribution < 1.29 is 9.59 Å². The number of carbonyl (C=O) groups is 2. The lowest BCUT2D eigenvalue weighted by atomic mass is 9.87. The number of amides is 3. The van der Waals surface area contributed by atoms with Crippen molar-refractivity contribution in [3.05, 3.63) is 35.4 Å². The first-order chi connectivity index (χ1) is 8.34. The van der Waals surface area contributed by atoms with E-state index in [-0.39, 0.29) is 11.3 Å². The van der Waals surface area contributed by atoms with E-state index in [1.54, 1.807) is 12.1 Å². The van der Waals surface area contributed by atoms with Crippen LogP contribution in [0.5, 0.6) is 0 Å². The van der Waals surface area contributed by atoms with Crippen molar-refractivity contribution in [3.63, 3.8) is 0 Å². The van der Waals surface area contributed by atoms with E-state index < -0.39 is 6.03 Å². The Balaban J connectivity index is 2.68. The molecule has 3 amide bonds. The van der Waals surface area contributed by atoms with Gasteiger partial charge in [-0.3, -0.25) is 10.2 Å². The van der Waals surface area contributed by atoms with Crippen LogP contribution in [-0.2, 0) is 5.41 Å². The summed E-state index contributed by atoms with van der Waals surface area (Å²) < 4.78 is 0. The number of nitrogens with one attached hydrogen (secondary N) is 3. The van der Waals surface area contributed by atoms with E-state index in [1.165, 1.54) is 7.05 Å². The SMILES string of the molecule is CNC(=O)NNC(=O)c1ccc(C(C)(C)C)cc1. The third-order valence-corrected chi connectivity index (χ3v) is 2.53. The summed E-state index contributed by atoms with van der Waals surface area (Å²) in [6.07, 6.45) is 0. The number of carbonyl (C=O) groups excluding carboxylic acids is 2. The quantitative estimate of drug-likeness (QED) is 0.661. The van der Waals surface area contributed by atoms with Gasteiger partial charge in [-0.15, -0.1) is 0 Å². The Morgan fingerprint density at radius 1 is 1.00 bits per heavy atom. The van der Waals surface area contributed by atoms with Crippen LogP contribution in [0.3, 0.4) is 0 Å². The van der Waals surface area contributed by atoms with Gasteiger partial charge in [-0.2, -0.15) is 0 Å². The summed E-state index contributed by atoms with van der Waals surface area (Å²) in [6, 6.07) is 6.83. The minimum absolute atomic E-state index is 0.0509. The Kier molecular flexibility index (Phi) is 4.31. The molecule has 1 aromatic rings. The van der Waals surface area contributed by atoms with Crippen molar-refractivity contribution in [2.45, 2.75) is 26.2 Å². The predicted molar refractivity (Wildman–Crippen MR) is 70.2 cm³/mol. The van der Waals surface area contributed by atoms with Gasteiger partial charge in [0.05, 0.1) is 0 Å². The van der Waals surface area contributed by atoms with Gasteiger partial charge in [-0.1, -0.05) is 32.9 Å². The third-order valence-electron chi connectivity index (χ3n) is 2.53. The van der Waals surface area contributed by atoms with E-state index in [2.05, 4.69) is 36.9 Å². The van der Waals surface area contributed by atoms with Crippen molar-refractivity contribution in [1.29, 1.82) is 0 Å². The van der Waals surface area contributed by atoms with Crippen LogP contribution in [0.25, 0.3) is 0 Å². The minimum Gasteiger partial charge on any atom is -0.340 e. The molecule has 3 N–H and O–H groups in total.